The average Bonchev–Trinajstić information content (AvgIpc) is 2.66. The summed E-state index contributed by atoms with van der Waals surface area (Å²) in [7, 11) is 0. The second-order valence-electron chi connectivity index (χ2n) is 5.71. The van der Waals surface area contributed by atoms with E-state index in [0.717, 1.165) is 0 Å². The third-order valence-corrected chi connectivity index (χ3v) is 3.05. The van der Waals surface area contributed by atoms with Crippen molar-refractivity contribution in [1.82, 2.24) is 9.66 Å². The summed E-state index contributed by atoms with van der Waals surface area (Å²) in [5.74, 6) is 6.87. The fraction of sp³-hybridized carbons (Fsp3) is 0.357. The Morgan fingerprint density at radius 1 is 1.15 bits per heavy atom. The van der Waals surface area contributed by atoms with Gasteiger partial charge in [0.05, 0.1) is 0 Å². The Hall–Kier alpha value is -2.11. The third-order valence-electron chi connectivity index (χ3n) is 3.05. The lowest BCUT2D eigenvalue weighted by Gasteiger charge is -2.17. The van der Waals surface area contributed by atoms with E-state index in [1.807, 2.05) is 20.8 Å². The van der Waals surface area contributed by atoms with E-state index < -0.39 is 6.43 Å². The van der Waals surface area contributed by atoms with Gasteiger partial charge >= 0.3 is 0 Å². The van der Waals surface area contributed by atoms with Crippen molar-refractivity contribution in [2.75, 3.05) is 11.6 Å². The van der Waals surface area contributed by atoms with Crippen LogP contribution in [0.15, 0.2) is 24.3 Å². The maximum absolute atomic E-state index is 12.5. The molecule has 0 amide bonds. The molecule has 0 radical (unpaired) electrons. The van der Waals surface area contributed by atoms with Gasteiger partial charge in [-0.05, 0) is 0 Å². The SMILES string of the molecule is CC(C)(C)c1nc(-c2ccc(C(F)F)cc2)c(N)n1N. The lowest BCUT2D eigenvalue weighted by Crippen LogP contribution is -2.24. The summed E-state index contributed by atoms with van der Waals surface area (Å²) in [4.78, 5) is 4.45. The maximum atomic E-state index is 12.5. The normalized spacial score (nSPS) is 12.1. The molecular formula is C14H18F2N4. The molecule has 0 unspecified atom stereocenters. The van der Waals surface area contributed by atoms with Crippen LogP contribution >= 0.6 is 0 Å². The summed E-state index contributed by atoms with van der Waals surface area (Å²) in [5.41, 5.74) is 6.85. The van der Waals surface area contributed by atoms with Crippen LogP contribution in [-0.4, -0.2) is 9.66 Å². The van der Waals surface area contributed by atoms with Gasteiger partial charge in [-0.25, -0.2) is 18.4 Å². The minimum absolute atomic E-state index is 0.0319. The van der Waals surface area contributed by atoms with E-state index in [-0.39, 0.29) is 11.0 Å². The summed E-state index contributed by atoms with van der Waals surface area (Å²) in [6.45, 7) is 5.92. The molecule has 20 heavy (non-hydrogen) atoms. The Balaban J connectivity index is 2.48. The highest BCUT2D eigenvalue weighted by Crippen LogP contribution is 2.31. The van der Waals surface area contributed by atoms with Gasteiger partial charge < -0.3 is 11.6 Å². The van der Waals surface area contributed by atoms with Crippen LogP contribution in [0, 0.1) is 0 Å². The topological polar surface area (TPSA) is 69.9 Å². The number of rotatable bonds is 2. The largest absolute Gasteiger partial charge is 0.382 e. The Morgan fingerprint density at radius 3 is 2.10 bits per heavy atom. The minimum Gasteiger partial charge on any atom is -0.382 e. The molecule has 0 fully saturated rings. The molecule has 108 valence electrons. The van der Waals surface area contributed by atoms with Gasteiger partial charge in [-0.3, -0.25) is 0 Å². The highest BCUT2D eigenvalue weighted by atomic mass is 19.3. The van der Waals surface area contributed by atoms with Crippen molar-refractivity contribution in [1.29, 1.82) is 0 Å². The Kier molecular flexibility index (Phi) is 3.41. The van der Waals surface area contributed by atoms with Crippen LogP contribution in [0.3, 0.4) is 0 Å². The number of benzene rings is 1. The fourth-order valence-electron chi connectivity index (χ4n) is 1.97. The van der Waals surface area contributed by atoms with Gasteiger partial charge in [0, 0.05) is 16.5 Å². The first kappa shape index (κ1) is 14.3. The minimum atomic E-state index is -2.49. The van der Waals surface area contributed by atoms with Gasteiger partial charge in [-0.1, -0.05) is 45.0 Å². The number of hydrogen-bond donors (Lipinski definition) is 2. The molecule has 4 nitrogen and oxygen atoms in total. The van der Waals surface area contributed by atoms with Crippen molar-refractivity contribution in [3.8, 4) is 11.3 Å². The first-order chi connectivity index (χ1) is 9.21. The van der Waals surface area contributed by atoms with Crippen LogP contribution in [0.1, 0.15) is 38.6 Å². The number of imidazole rings is 1. The van der Waals surface area contributed by atoms with Crippen molar-refractivity contribution in [3.05, 3.63) is 35.7 Å². The van der Waals surface area contributed by atoms with Crippen molar-refractivity contribution in [2.24, 2.45) is 0 Å². The quantitative estimate of drug-likeness (QED) is 0.830. The van der Waals surface area contributed by atoms with Gasteiger partial charge in [0.25, 0.3) is 6.43 Å². The second-order valence-corrected chi connectivity index (χ2v) is 5.71. The molecule has 0 spiro atoms. The highest BCUT2D eigenvalue weighted by molar-refractivity contribution is 5.71. The van der Waals surface area contributed by atoms with Gasteiger partial charge in [0.15, 0.2) is 5.82 Å². The number of alkyl halides is 2. The number of hydrogen-bond acceptors (Lipinski definition) is 3. The average molecular weight is 280 g/mol. The summed E-state index contributed by atoms with van der Waals surface area (Å²) in [6, 6.07) is 5.89. The Bertz CT molecular complexity index is 609. The predicted octanol–water partition coefficient (Wildman–Crippen LogP) is 3.08. The zero-order valence-corrected chi connectivity index (χ0v) is 11.7. The molecular weight excluding hydrogens is 262 g/mol. The zero-order valence-electron chi connectivity index (χ0n) is 11.7. The van der Waals surface area contributed by atoms with Crippen LogP contribution in [0.25, 0.3) is 11.3 Å². The number of aromatic nitrogens is 2. The highest BCUT2D eigenvalue weighted by Gasteiger charge is 2.24. The molecule has 1 aromatic carbocycles. The maximum Gasteiger partial charge on any atom is 0.263 e. The number of nitrogens with two attached hydrogens (primary N) is 2. The molecule has 0 aliphatic rings. The first-order valence-corrected chi connectivity index (χ1v) is 6.24. The zero-order chi connectivity index (χ0) is 15.1. The number of nitrogen functional groups attached to an aromatic ring is 2. The van der Waals surface area contributed by atoms with E-state index in [1.54, 1.807) is 12.1 Å². The summed E-state index contributed by atoms with van der Waals surface area (Å²) in [5, 5.41) is 0. The smallest absolute Gasteiger partial charge is 0.263 e. The van der Waals surface area contributed by atoms with E-state index in [4.69, 9.17) is 11.6 Å². The van der Waals surface area contributed by atoms with Crippen molar-refractivity contribution < 1.29 is 8.78 Å². The van der Waals surface area contributed by atoms with E-state index in [9.17, 15) is 8.78 Å². The standard InChI is InChI=1S/C14H18F2N4/c1-14(2,3)13-19-10(12(17)20(13)18)8-4-6-9(7-5-8)11(15)16/h4-7,11H,17-18H2,1-3H3. The van der Waals surface area contributed by atoms with Crippen LogP contribution < -0.4 is 11.6 Å². The van der Waals surface area contributed by atoms with Crippen LogP contribution in [0.5, 0.6) is 0 Å². The third kappa shape index (κ3) is 2.45. The van der Waals surface area contributed by atoms with Crippen molar-refractivity contribution >= 4 is 5.82 Å². The summed E-state index contributed by atoms with van der Waals surface area (Å²) < 4.78 is 26.4. The van der Waals surface area contributed by atoms with E-state index in [0.29, 0.717) is 22.9 Å². The Labute approximate surface area is 116 Å². The molecule has 0 aliphatic carbocycles. The van der Waals surface area contributed by atoms with E-state index >= 15 is 0 Å². The molecule has 1 heterocycles. The summed E-state index contributed by atoms with van der Waals surface area (Å²) >= 11 is 0. The fourth-order valence-corrected chi connectivity index (χ4v) is 1.97. The Morgan fingerprint density at radius 2 is 1.70 bits per heavy atom. The van der Waals surface area contributed by atoms with Crippen LogP contribution in [0.2, 0.25) is 0 Å². The van der Waals surface area contributed by atoms with Crippen molar-refractivity contribution in [3.63, 3.8) is 0 Å². The molecule has 4 N–H and O–H groups in total. The molecule has 6 heteroatoms. The molecule has 0 aliphatic heterocycles. The number of nitrogens with zero attached hydrogens (tertiary/aromatic N) is 2. The molecule has 0 bridgehead atoms. The lowest BCUT2D eigenvalue weighted by atomic mass is 9.96. The van der Waals surface area contributed by atoms with Gasteiger partial charge in [0.1, 0.15) is 11.5 Å². The summed E-state index contributed by atoms with van der Waals surface area (Å²) in [6.07, 6.45) is -2.49. The predicted molar refractivity (Wildman–Crippen MR) is 75.9 cm³/mol. The molecule has 0 atom stereocenters. The van der Waals surface area contributed by atoms with Gasteiger partial charge in [-0.15, -0.1) is 0 Å². The van der Waals surface area contributed by atoms with Gasteiger partial charge in [-0.2, -0.15) is 0 Å². The van der Waals surface area contributed by atoms with E-state index in [1.165, 1.54) is 16.8 Å². The molecule has 0 saturated carbocycles. The number of anilines is 1. The van der Waals surface area contributed by atoms with Gasteiger partial charge in [0.2, 0.25) is 0 Å². The molecule has 2 aromatic rings. The van der Waals surface area contributed by atoms with Crippen LogP contribution in [0.4, 0.5) is 14.6 Å². The monoisotopic (exact) mass is 280 g/mol. The molecule has 2 rings (SSSR count). The second kappa shape index (κ2) is 4.77. The molecule has 0 saturated heterocycles. The number of halogens is 2. The lowest BCUT2D eigenvalue weighted by molar-refractivity contribution is 0.151. The van der Waals surface area contributed by atoms with Crippen LogP contribution in [-0.2, 0) is 5.41 Å². The first-order valence-electron chi connectivity index (χ1n) is 6.24. The van der Waals surface area contributed by atoms with Crippen molar-refractivity contribution in [2.45, 2.75) is 32.6 Å². The molecule has 1 aromatic heterocycles. The van der Waals surface area contributed by atoms with E-state index in [2.05, 4.69) is 4.98 Å².